The van der Waals surface area contributed by atoms with Crippen LogP contribution in [0.2, 0.25) is 0 Å². The van der Waals surface area contributed by atoms with Crippen molar-refractivity contribution in [2.24, 2.45) is 5.92 Å². The summed E-state index contributed by atoms with van der Waals surface area (Å²) in [5.74, 6) is 0.337. The third kappa shape index (κ3) is 4.81. The highest BCUT2D eigenvalue weighted by Crippen LogP contribution is 2.22. The molecule has 5 nitrogen and oxygen atoms in total. The molecule has 1 saturated heterocycles. The number of likely N-dealkylation sites (tertiary alicyclic amines) is 1. The summed E-state index contributed by atoms with van der Waals surface area (Å²) in [4.78, 5) is 28.2. The van der Waals surface area contributed by atoms with Crippen molar-refractivity contribution in [3.05, 3.63) is 35.4 Å². The van der Waals surface area contributed by atoms with Crippen molar-refractivity contribution in [3.63, 3.8) is 0 Å². The van der Waals surface area contributed by atoms with Gasteiger partial charge in [-0.25, -0.2) is 0 Å². The third-order valence-corrected chi connectivity index (χ3v) is 4.35. The van der Waals surface area contributed by atoms with Crippen molar-refractivity contribution >= 4 is 11.8 Å². The normalized spacial score (nSPS) is 15.3. The van der Waals surface area contributed by atoms with E-state index in [4.69, 9.17) is 0 Å². The van der Waals surface area contributed by atoms with E-state index in [-0.39, 0.29) is 23.8 Å². The quantitative estimate of drug-likeness (QED) is 0.894. The van der Waals surface area contributed by atoms with Crippen LogP contribution >= 0.6 is 0 Å². The minimum absolute atomic E-state index is 0.00957. The summed E-state index contributed by atoms with van der Waals surface area (Å²) in [6, 6.07) is 7.57. The number of benzene rings is 1. The minimum atomic E-state index is -0.200. The number of nitrogens with zero attached hydrogens (tertiary/aromatic N) is 2. The van der Waals surface area contributed by atoms with Gasteiger partial charge in [-0.3, -0.25) is 9.59 Å². The first-order valence-corrected chi connectivity index (χ1v) is 8.48. The molecule has 0 radical (unpaired) electrons. The summed E-state index contributed by atoms with van der Waals surface area (Å²) >= 11 is 0. The molecule has 1 aliphatic rings. The van der Waals surface area contributed by atoms with Gasteiger partial charge < -0.3 is 15.1 Å². The maximum absolute atomic E-state index is 12.2. The van der Waals surface area contributed by atoms with Gasteiger partial charge in [0.15, 0.2) is 0 Å². The molecule has 2 amide bonds. The molecule has 1 aliphatic heterocycles. The Balaban J connectivity index is 1.78. The summed E-state index contributed by atoms with van der Waals surface area (Å²) in [6.07, 6.45) is 0. The molecule has 1 N–H and O–H groups in total. The predicted octanol–water partition coefficient (Wildman–Crippen LogP) is 1.73. The van der Waals surface area contributed by atoms with Gasteiger partial charge in [0.05, 0.1) is 6.54 Å². The molecular formula is C19H29N3O2. The molecule has 0 unspecified atom stereocenters. The Labute approximate surface area is 145 Å². The van der Waals surface area contributed by atoms with E-state index in [1.165, 1.54) is 5.56 Å². The molecule has 2 rings (SSSR count). The third-order valence-electron chi connectivity index (χ3n) is 4.35. The zero-order valence-corrected chi connectivity index (χ0v) is 15.4. The van der Waals surface area contributed by atoms with Crippen molar-refractivity contribution in [2.75, 3.05) is 40.3 Å². The summed E-state index contributed by atoms with van der Waals surface area (Å²) in [5.41, 5.74) is 1.83. The fourth-order valence-corrected chi connectivity index (χ4v) is 2.90. The van der Waals surface area contributed by atoms with Gasteiger partial charge in [0, 0.05) is 31.1 Å². The van der Waals surface area contributed by atoms with Gasteiger partial charge in [-0.2, -0.15) is 0 Å². The van der Waals surface area contributed by atoms with Crippen molar-refractivity contribution in [2.45, 2.75) is 26.2 Å². The van der Waals surface area contributed by atoms with Crippen LogP contribution in [0.1, 0.15) is 36.7 Å². The average molecular weight is 331 g/mol. The summed E-state index contributed by atoms with van der Waals surface area (Å²) in [7, 11) is 4.07. The van der Waals surface area contributed by atoms with Crippen molar-refractivity contribution < 1.29 is 9.59 Å². The van der Waals surface area contributed by atoms with Gasteiger partial charge in [-0.05, 0) is 37.2 Å². The SMILES string of the molecule is CN(C)CC1CN(C(=O)CNC(=O)c2ccc(C(C)(C)C)cc2)C1. The van der Waals surface area contributed by atoms with E-state index in [0.29, 0.717) is 11.5 Å². The van der Waals surface area contributed by atoms with Gasteiger partial charge in [0.1, 0.15) is 0 Å². The zero-order chi connectivity index (χ0) is 17.9. The van der Waals surface area contributed by atoms with Crippen LogP contribution in [-0.2, 0) is 10.2 Å². The van der Waals surface area contributed by atoms with E-state index < -0.39 is 0 Å². The average Bonchev–Trinajstić information content (AvgIpc) is 2.46. The fourth-order valence-electron chi connectivity index (χ4n) is 2.90. The van der Waals surface area contributed by atoms with Crippen LogP contribution in [0, 0.1) is 5.92 Å². The fraction of sp³-hybridized carbons (Fsp3) is 0.579. The smallest absolute Gasteiger partial charge is 0.251 e. The van der Waals surface area contributed by atoms with Crippen LogP contribution in [0.15, 0.2) is 24.3 Å². The maximum Gasteiger partial charge on any atom is 0.251 e. The van der Waals surface area contributed by atoms with Crippen LogP contribution < -0.4 is 5.32 Å². The molecule has 132 valence electrons. The highest BCUT2D eigenvalue weighted by atomic mass is 16.2. The van der Waals surface area contributed by atoms with Gasteiger partial charge in [0.25, 0.3) is 5.91 Å². The highest BCUT2D eigenvalue weighted by molar-refractivity contribution is 5.96. The molecule has 0 atom stereocenters. The van der Waals surface area contributed by atoms with Crippen molar-refractivity contribution in [1.29, 1.82) is 0 Å². The Morgan fingerprint density at radius 2 is 1.75 bits per heavy atom. The number of nitrogens with one attached hydrogen (secondary N) is 1. The Hall–Kier alpha value is -1.88. The number of amides is 2. The molecule has 1 fully saturated rings. The first-order valence-electron chi connectivity index (χ1n) is 8.48. The van der Waals surface area contributed by atoms with E-state index in [2.05, 4.69) is 31.0 Å². The topological polar surface area (TPSA) is 52.6 Å². The molecule has 1 aromatic carbocycles. The second-order valence-corrected chi connectivity index (χ2v) is 7.94. The van der Waals surface area contributed by atoms with Crippen LogP contribution in [0.5, 0.6) is 0 Å². The second kappa shape index (κ2) is 7.34. The molecule has 0 bridgehead atoms. The standard InChI is InChI=1S/C19H29N3O2/c1-19(2,3)16-8-6-15(7-9-16)18(24)20-10-17(23)22-12-14(13-22)11-21(4)5/h6-9,14H,10-13H2,1-5H3,(H,20,24). The molecule has 0 saturated carbocycles. The number of rotatable bonds is 5. The van der Waals surface area contributed by atoms with Gasteiger partial charge in [-0.15, -0.1) is 0 Å². The lowest BCUT2D eigenvalue weighted by molar-refractivity contribution is -0.136. The number of hydrogen-bond donors (Lipinski definition) is 1. The zero-order valence-electron chi connectivity index (χ0n) is 15.4. The lowest BCUT2D eigenvalue weighted by Gasteiger charge is -2.40. The molecule has 24 heavy (non-hydrogen) atoms. The lowest BCUT2D eigenvalue weighted by Crippen LogP contribution is -2.55. The molecule has 5 heteroatoms. The Kier molecular flexibility index (Phi) is 5.65. The highest BCUT2D eigenvalue weighted by Gasteiger charge is 2.30. The number of carbonyl (C=O) groups is 2. The molecular weight excluding hydrogens is 302 g/mol. The van der Waals surface area contributed by atoms with Crippen LogP contribution in [0.25, 0.3) is 0 Å². The largest absolute Gasteiger partial charge is 0.343 e. The predicted molar refractivity (Wildman–Crippen MR) is 96.1 cm³/mol. The maximum atomic E-state index is 12.2. The van der Waals surface area contributed by atoms with E-state index in [0.717, 1.165) is 19.6 Å². The van der Waals surface area contributed by atoms with E-state index >= 15 is 0 Å². The van der Waals surface area contributed by atoms with E-state index in [1.54, 1.807) is 4.90 Å². The second-order valence-electron chi connectivity index (χ2n) is 7.94. The summed E-state index contributed by atoms with van der Waals surface area (Å²) in [5, 5.41) is 2.72. The monoisotopic (exact) mass is 331 g/mol. The van der Waals surface area contributed by atoms with Crippen LogP contribution in [0.3, 0.4) is 0 Å². The van der Waals surface area contributed by atoms with Gasteiger partial charge in [-0.1, -0.05) is 32.9 Å². The van der Waals surface area contributed by atoms with Crippen molar-refractivity contribution in [1.82, 2.24) is 15.1 Å². The van der Waals surface area contributed by atoms with E-state index in [9.17, 15) is 9.59 Å². The van der Waals surface area contributed by atoms with Crippen LogP contribution in [0.4, 0.5) is 0 Å². The molecule has 0 spiro atoms. The molecule has 0 aliphatic carbocycles. The molecule has 1 heterocycles. The van der Waals surface area contributed by atoms with Gasteiger partial charge in [0.2, 0.25) is 5.91 Å². The minimum Gasteiger partial charge on any atom is -0.343 e. The van der Waals surface area contributed by atoms with Gasteiger partial charge >= 0.3 is 0 Å². The van der Waals surface area contributed by atoms with Crippen LogP contribution in [-0.4, -0.2) is 61.9 Å². The first-order chi connectivity index (χ1) is 11.2. The van der Waals surface area contributed by atoms with E-state index in [1.807, 2.05) is 38.4 Å². The summed E-state index contributed by atoms with van der Waals surface area (Å²) < 4.78 is 0. The Morgan fingerprint density at radius 1 is 1.17 bits per heavy atom. The Morgan fingerprint density at radius 3 is 2.25 bits per heavy atom. The first kappa shape index (κ1) is 18.5. The molecule has 0 aromatic heterocycles. The number of carbonyl (C=O) groups excluding carboxylic acids is 2. The van der Waals surface area contributed by atoms with Crippen molar-refractivity contribution in [3.8, 4) is 0 Å². The molecule has 1 aromatic rings. The summed E-state index contributed by atoms with van der Waals surface area (Å²) in [6.45, 7) is 9.04. The lowest BCUT2D eigenvalue weighted by atomic mass is 9.87. The number of hydrogen-bond acceptors (Lipinski definition) is 3. The Bertz CT molecular complexity index is 582.